The van der Waals surface area contributed by atoms with Gasteiger partial charge in [-0.15, -0.1) is 0 Å². The van der Waals surface area contributed by atoms with Crippen LogP contribution in [0.25, 0.3) is 11.3 Å². The highest BCUT2D eigenvalue weighted by Gasteiger charge is 2.21. The highest BCUT2D eigenvalue weighted by Crippen LogP contribution is 2.28. The van der Waals surface area contributed by atoms with Crippen LogP contribution in [-0.2, 0) is 7.05 Å². The molecule has 2 aromatic heterocycles. The normalized spacial score (nSPS) is 14.9. The maximum atomic E-state index is 12.9. The number of anilines is 2. The number of likely N-dealkylation sites (N-methyl/N-ethyl adjacent to an activating group) is 1. The third-order valence-corrected chi connectivity index (χ3v) is 5.90. The fraction of sp³-hybridized carbons (Fsp3) is 0.409. The molecule has 3 heterocycles. The molecule has 8 heteroatoms. The highest BCUT2D eigenvalue weighted by molar-refractivity contribution is 6.05. The molecule has 2 N–H and O–H groups in total. The van der Waals surface area contributed by atoms with Gasteiger partial charge < -0.3 is 15.1 Å². The molecule has 0 saturated carbocycles. The fourth-order valence-electron chi connectivity index (χ4n) is 4.06. The Bertz CT molecular complexity index is 1040. The van der Waals surface area contributed by atoms with Crippen LogP contribution < -0.4 is 10.2 Å². The number of carbonyl (C=O) groups excluding carboxylic acids is 1. The predicted octanol–water partition coefficient (Wildman–Crippen LogP) is 2.82. The number of aromatic nitrogens is 4. The van der Waals surface area contributed by atoms with Gasteiger partial charge in [-0.1, -0.05) is 19.1 Å². The van der Waals surface area contributed by atoms with Gasteiger partial charge >= 0.3 is 0 Å². The lowest BCUT2D eigenvalue weighted by Crippen LogP contribution is -2.46. The number of hydrogen-bond donors (Lipinski definition) is 2. The van der Waals surface area contributed by atoms with Crippen molar-refractivity contribution in [1.29, 1.82) is 0 Å². The Hall–Kier alpha value is -3.13. The van der Waals surface area contributed by atoms with Crippen LogP contribution in [0.3, 0.4) is 0 Å². The highest BCUT2D eigenvalue weighted by atomic mass is 16.1. The number of aromatic amines is 1. The maximum absolute atomic E-state index is 12.9. The van der Waals surface area contributed by atoms with Gasteiger partial charge in [-0.05, 0) is 38.6 Å². The SMILES string of the molecule is CCN1CCN(c2ccccc2NC(=O)c2cc(-c3c(C)nn(C)c3C)n[nH]2)CC1. The van der Waals surface area contributed by atoms with Gasteiger partial charge in [0.15, 0.2) is 0 Å². The van der Waals surface area contributed by atoms with Crippen LogP contribution in [0.1, 0.15) is 28.8 Å². The second-order valence-corrected chi connectivity index (χ2v) is 7.73. The molecule has 1 aliphatic heterocycles. The number of H-pyrrole nitrogens is 1. The monoisotopic (exact) mass is 407 g/mol. The van der Waals surface area contributed by atoms with Gasteiger partial charge in [0.2, 0.25) is 0 Å². The molecule has 4 rings (SSSR count). The minimum absolute atomic E-state index is 0.201. The summed E-state index contributed by atoms with van der Waals surface area (Å²) in [5.41, 5.74) is 5.90. The third kappa shape index (κ3) is 3.82. The van der Waals surface area contributed by atoms with Gasteiger partial charge in [0.05, 0.1) is 22.8 Å². The first-order valence-electron chi connectivity index (χ1n) is 10.4. The van der Waals surface area contributed by atoms with Crippen LogP contribution >= 0.6 is 0 Å². The van der Waals surface area contributed by atoms with E-state index in [1.807, 2.05) is 43.8 Å². The van der Waals surface area contributed by atoms with E-state index in [0.29, 0.717) is 5.69 Å². The lowest BCUT2D eigenvalue weighted by molar-refractivity contribution is 0.102. The standard InChI is InChI=1S/C22H29N7O/c1-5-28-10-12-29(13-11-28)20-9-7-6-8-17(20)23-22(30)19-14-18(24-25-19)21-15(2)26-27(4)16(21)3/h6-9,14H,5,10-13H2,1-4H3,(H,23,30)(H,24,25). The van der Waals surface area contributed by atoms with Gasteiger partial charge in [-0.25, -0.2) is 0 Å². The first-order valence-corrected chi connectivity index (χ1v) is 10.4. The van der Waals surface area contributed by atoms with Crippen molar-refractivity contribution in [1.82, 2.24) is 24.9 Å². The number of para-hydroxylation sites is 2. The number of aryl methyl sites for hydroxylation is 2. The number of nitrogens with zero attached hydrogens (tertiary/aromatic N) is 5. The number of benzene rings is 1. The molecule has 30 heavy (non-hydrogen) atoms. The van der Waals surface area contributed by atoms with Crippen molar-refractivity contribution >= 4 is 17.3 Å². The van der Waals surface area contributed by atoms with E-state index >= 15 is 0 Å². The van der Waals surface area contributed by atoms with Crippen LogP contribution in [0.5, 0.6) is 0 Å². The Morgan fingerprint density at radius 2 is 1.90 bits per heavy atom. The molecule has 3 aromatic rings. The van der Waals surface area contributed by atoms with E-state index in [1.54, 1.807) is 6.07 Å². The second-order valence-electron chi connectivity index (χ2n) is 7.73. The lowest BCUT2D eigenvalue weighted by atomic mass is 10.1. The summed E-state index contributed by atoms with van der Waals surface area (Å²) in [5.74, 6) is -0.201. The van der Waals surface area contributed by atoms with E-state index in [1.165, 1.54) is 0 Å². The minimum atomic E-state index is -0.201. The van der Waals surface area contributed by atoms with Crippen LogP contribution in [0.2, 0.25) is 0 Å². The van der Waals surface area contributed by atoms with Crippen molar-refractivity contribution < 1.29 is 4.79 Å². The quantitative estimate of drug-likeness (QED) is 0.680. The number of hydrogen-bond acceptors (Lipinski definition) is 5. The van der Waals surface area contributed by atoms with Crippen LogP contribution in [0, 0.1) is 13.8 Å². The molecule has 1 aromatic carbocycles. The summed E-state index contributed by atoms with van der Waals surface area (Å²) in [5, 5.41) is 14.7. The van der Waals surface area contributed by atoms with E-state index in [0.717, 1.165) is 66.7 Å². The zero-order valence-corrected chi connectivity index (χ0v) is 18.1. The molecule has 1 amide bonds. The Morgan fingerprint density at radius 1 is 1.17 bits per heavy atom. The second kappa shape index (κ2) is 8.31. The number of carbonyl (C=O) groups is 1. The minimum Gasteiger partial charge on any atom is -0.367 e. The lowest BCUT2D eigenvalue weighted by Gasteiger charge is -2.36. The molecular weight excluding hydrogens is 378 g/mol. The largest absolute Gasteiger partial charge is 0.367 e. The van der Waals surface area contributed by atoms with Crippen LogP contribution in [0.15, 0.2) is 30.3 Å². The van der Waals surface area contributed by atoms with Gasteiger partial charge in [0.25, 0.3) is 5.91 Å². The van der Waals surface area contributed by atoms with Crippen LogP contribution in [-0.4, -0.2) is 63.5 Å². The van der Waals surface area contributed by atoms with Gasteiger partial charge in [-0.2, -0.15) is 10.2 Å². The van der Waals surface area contributed by atoms with Crippen molar-refractivity contribution in [3.8, 4) is 11.3 Å². The van der Waals surface area contributed by atoms with Crippen molar-refractivity contribution in [3.63, 3.8) is 0 Å². The van der Waals surface area contributed by atoms with E-state index in [9.17, 15) is 4.79 Å². The van der Waals surface area contributed by atoms with Crippen molar-refractivity contribution in [2.45, 2.75) is 20.8 Å². The third-order valence-electron chi connectivity index (χ3n) is 5.90. The zero-order chi connectivity index (χ0) is 21.3. The molecule has 0 bridgehead atoms. The Labute approximate surface area is 176 Å². The summed E-state index contributed by atoms with van der Waals surface area (Å²) in [6.07, 6.45) is 0. The zero-order valence-electron chi connectivity index (χ0n) is 18.1. The van der Waals surface area contributed by atoms with Gasteiger partial charge in [0, 0.05) is 44.5 Å². The van der Waals surface area contributed by atoms with E-state index in [-0.39, 0.29) is 5.91 Å². The molecule has 1 fully saturated rings. The van der Waals surface area contributed by atoms with Gasteiger partial charge in [0.1, 0.15) is 5.69 Å². The molecular formula is C22H29N7O. The molecule has 8 nitrogen and oxygen atoms in total. The Morgan fingerprint density at radius 3 is 2.57 bits per heavy atom. The smallest absolute Gasteiger partial charge is 0.273 e. The molecule has 1 saturated heterocycles. The number of rotatable bonds is 5. The summed E-state index contributed by atoms with van der Waals surface area (Å²) in [4.78, 5) is 17.7. The average Bonchev–Trinajstić information content (AvgIpc) is 3.33. The number of nitrogens with one attached hydrogen (secondary N) is 2. The summed E-state index contributed by atoms with van der Waals surface area (Å²) >= 11 is 0. The summed E-state index contributed by atoms with van der Waals surface area (Å²) in [6.45, 7) is 11.2. The number of piperazine rings is 1. The first kappa shape index (κ1) is 20.2. The fourth-order valence-corrected chi connectivity index (χ4v) is 4.06. The molecule has 0 spiro atoms. The average molecular weight is 408 g/mol. The van der Waals surface area contributed by atoms with E-state index in [4.69, 9.17) is 0 Å². The van der Waals surface area contributed by atoms with Crippen molar-refractivity contribution in [2.75, 3.05) is 42.9 Å². The molecule has 0 atom stereocenters. The topological polar surface area (TPSA) is 82.1 Å². The molecule has 0 aliphatic carbocycles. The summed E-state index contributed by atoms with van der Waals surface area (Å²) in [6, 6.07) is 9.76. The predicted molar refractivity (Wildman–Crippen MR) is 119 cm³/mol. The van der Waals surface area contributed by atoms with E-state index < -0.39 is 0 Å². The van der Waals surface area contributed by atoms with Gasteiger partial charge in [-0.3, -0.25) is 14.6 Å². The van der Waals surface area contributed by atoms with E-state index in [2.05, 4.69) is 43.4 Å². The summed E-state index contributed by atoms with van der Waals surface area (Å²) in [7, 11) is 1.91. The van der Waals surface area contributed by atoms with Crippen LogP contribution in [0.4, 0.5) is 11.4 Å². The maximum Gasteiger partial charge on any atom is 0.273 e. The van der Waals surface area contributed by atoms with Crippen molar-refractivity contribution in [2.24, 2.45) is 7.05 Å². The molecule has 0 radical (unpaired) electrons. The van der Waals surface area contributed by atoms with Crippen molar-refractivity contribution in [3.05, 3.63) is 47.4 Å². The number of amides is 1. The Balaban J connectivity index is 1.52. The Kier molecular flexibility index (Phi) is 5.59. The summed E-state index contributed by atoms with van der Waals surface area (Å²) < 4.78 is 1.83. The molecule has 158 valence electrons. The molecule has 0 unspecified atom stereocenters. The first-order chi connectivity index (χ1) is 14.5. The molecule has 1 aliphatic rings.